The Labute approximate surface area is 129 Å². The van der Waals surface area contributed by atoms with Gasteiger partial charge in [-0.1, -0.05) is 30.3 Å². The standard InChI is InChI=1S/C17H10F3NO2/c18-17(19,20)11-7-5-10(6-8-11)9-14-12-3-1-2-4-13(12)15(22)21-16(14)23/h1-9H,(H,21,22,23). The Morgan fingerprint density at radius 1 is 0.826 bits per heavy atom. The average molecular weight is 317 g/mol. The maximum atomic E-state index is 12.6. The molecule has 116 valence electrons. The first-order chi connectivity index (χ1) is 10.9. The molecule has 0 unspecified atom stereocenters. The maximum absolute atomic E-state index is 12.6. The van der Waals surface area contributed by atoms with Crippen LogP contribution in [-0.4, -0.2) is 11.8 Å². The highest BCUT2D eigenvalue weighted by Gasteiger charge is 2.30. The molecule has 0 aromatic heterocycles. The van der Waals surface area contributed by atoms with Crippen molar-refractivity contribution in [2.45, 2.75) is 6.18 Å². The lowest BCUT2D eigenvalue weighted by Gasteiger charge is -2.18. The van der Waals surface area contributed by atoms with Gasteiger partial charge in [0.15, 0.2) is 0 Å². The van der Waals surface area contributed by atoms with Crippen LogP contribution >= 0.6 is 0 Å². The SMILES string of the molecule is O=C1NC(=O)c2ccccc2C1=Cc1ccc(C(F)(F)F)cc1. The lowest BCUT2D eigenvalue weighted by molar-refractivity contribution is -0.137. The third-order valence-electron chi connectivity index (χ3n) is 3.48. The summed E-state index contributed by atoms with van der Waals surface area (Å²) in [5.74, 6) is -1.07. The Morgan fingerprint density at radius 3 is 2.04 bits per heavy atom. The van der Waals surface area contributed by atoms with Crippen molar-refractivity contribution in [2.24, 2.45) is 0 Å². The topological polar surface area (TPSA) is 46.2 Å². The fraction of sp³-hybridized carbons (Fsp3) is 0.0588. The van der Waals surface area contributed by atoms with Crippen molar-refractivity contribution in [3.8, 4) is 0 Å². The van der Waals surface area contributed by atoms with E-state index >= 15 is 0 Å². The van der Waals surface area contributed by atoms with Gasteiger partial charge < -0.3 is 0 Å². The lowest BCUT2D eigenvalue weighted by Crippen LogP contribution is -2.36. The Morgan fingerprint density at radius 2 is 1.43 bits per heavy atom. The van der Waals surface area contributed by atoms with E-state index in [0.29, 0.717) is 16.7 Å². The van der Waals surface area contributed by atoms with Crippen LogP contribution in [-0.2, 0) is 11.0 Å². The minimum Gasteiger partial charge on any atom is -0.288 e. The van der Waals surface area contributed by atoms with Gasteiger partial charge in [0.05, 0.1) is 5.56 Å². The zero-order valence-corrected chi connectivity index (χ0v) is 11.6. The summed E-state index contributed by atoms with van der Waals surface area (Å²) < 4.78 is 37.7. The molecule has 2 aromatic carbocycles. The summed E-state index contributed by atoms with van der Waals surface area (Å²) in [6.45, 7) is 0. The molecule has 0 bridgehead atoms. The minimum absolute atomic E-state index is 0.236. The largest absolute Gasteiger partial charge is 0.416 e. The van der Waals surface area contributed by atoms with Crippen LogP contribution in [0.3, 0.4) is 0 Å². The smallest absolute Gasteiger partial charge is 0.288 e. The molecule has 1 aliphatic rings. The van der Waals surface area contributed by atoms with E-state index in [4.69, 9.17) is 0 Å². The fourth-order valence-electron chi connectivity index (χ4n) is 2.35. The lowest BCUT2D eigenvalue weighted by atomic mass is 9.93. The van der Waals surface area contributed by atoms with Crippen LogP contribution in [0.15, 0.2) is 48.5 Å². The third kappa shape index (κ3) is 2.88. The zero-order valence-electron chi connectivity index (χ0n) is 11.6. The van der Waals surface area contributed by atoms with Crippen LogP contribution < -0.4 is 5.32 Å². The van der Waals surface area contributed by atoms with E-state index in [1.165, 1.54) is 18.2 Å². The van der Waals surface area contributed by atoms with E-state index in [2.05, 4.69) is 5.32 Å². The molecule has 2 aromatic rings. The number of fused-ring (bicyclic) bond motifs is 1. The number of rotatable bonds is 1. The Hall–Kier alpha value is -2.89. The molecule has 0 aliphatic carbocycles. The number of benzene rings is 2. The van der Waals surface area contributed by atoms with Crippen molar-refractivity contribution in [3.05, 3.63) is 70.8 Å². The highest BCUT2D eigenvalue weighted by Crippen LogP contribution is 2.30. The molecular formula is C17H10F3NO2. The van der Waals surface area contributed by atoms with Crippen molar-refractivity contribution in [1.82, 2.24) is 5.32 Å². The molecule has 0 fully saturated rings. The van der Waals surface area contributed by atoms with Gasteiger partial charge in [-0.2, -0.15) is 13.2 Å². The predicted molar refractivity (Wildman–Crippen MR) is 78.2 cm³/mol. The fourth-order valence-corrected chi connectivity index (χ4v) is 2.35. The molecule has 1 aliphatic heterocycles. The van der Waals surface area contributed by atoms with Gasteiger partial charge in [-0.3, -0.25) is 14.9 Å². The molecule has 0 saturated carbocycles. The molecule has 1 N–H and O–H groups in total. The molecule has 23 heavy (non-hydrogen) atoms. The molecule has 0 spiro atoms. The second-order valence-electron chi connectivity index (χ2n) is 5.01. The van der Waals surface area contributed by atoms with Crippen LogP contribution in [0.5, 0.6) is 0 Å². The van der Waals surface area contributed by atoms with Crippen molar-refractivity contribution < 1.29 is 22.8 Å². The summed E-state index contributed by atoms with van der Waals surface area (Å²) in [6.07, 6.45) is -2.95. The summed E-state index contributed by atoms with van der Waals surface area (Å²) in [4.78, 5) is 23.8. The second kappa shape index (κ2) is 5.39. The third-order valence-corrected chi connectivity index (χ3v) is 3.48. The van der Waals surface area contributed by atoms with Crippen LogP contribution in [0.4, 0.5) is 13.2 Å². The second-order valence-corrected chi connectivity index (χ2v) is 5.01. The molecule has 3 rings (SSSR count). The summed E-state index contributed by atoms with van der Waals surface area (Å²) in [5.41, 5.74) is 0.724. The van der Waals surface area contributed by atoms with Gasteiger partial charge in [-0.05, 0) is 35.4 Å². The quantitative estimate of drug-likeness (QED) is 0.646. The molecule has 0 radical (unpaired) electrons. The predicted octanol–water partition coefficient (Wildman–Crippen LogP) is 3.52. The number of carbonyl (C=O) groups excluding carboxylic acids is 2. The monoisotopic (exact) mass is 317 g/mol. The van der Waals surface area contributed by atoms with Gasteiger partial charge in [-0.25, -0.2) is 0 Å². The van der Waals surface area contributed by atoms with Gasteiger partial charge >= 0.3 is 6.18 Å². The highest BCUT2D eigenvalue weighted by molar-refractivity contribution is 6.33. The van der Waals surface area contributed by atoms with Gasteiger partial charge in [0, 0.05) is 11.1 Å². The molecule has 1 heterocycles. The van der Waals surface area contributed by atoms with Crippen molar-refractivity contribution in [3.63, 3.8) is 0 Å². The Kier molecular flexibility index (Phi) is 3.52. The summed E-state index contributed by atoms with van der Waals surface area (Å²) in [6, 6.07) is 11.0. The van der Waals surface area contributed by atoms with E-state index in [9.17, 15) is 22.8 Å². The van der Waals surface area contributed by atoms with Gasteiger partial charge in [-0.15, -0.1) is 0 Å². The summed E-state index contributed by atoms with van der Waals surface area (Å²) >= 11 is 0. The van der Waals surface area contributed by atoms with E-state index in [0.717, 1.165) is 12.1 Å². The number of carbonyl (C=O) groups is 2. The Bertz CT molecular complexity index is 820. The van der Waals surface area contributed by atoms with Crippen LogP contribution in [0, 0.1) is 0 Å². The van der Waals surface area contributed by atoms with Crippen LogP contribution in [0.25, 0.3) is 11.6 Å². The molecule has 0 saturated heterocycles. The molecule has 3 nitrogen and oxygen atoms in total. The average Bonchev–Trinajstić information content (AvgIpc) is 2.51. The molecular weight excluding hydrogens is 307 g/mol. The van der Waals surface area contributed by atoms with E-state index in [1.54, 1.807) is 24.3 Å². The number of hydrogen-bond donors (Lipinski definition) is 1. The number of nitrogens with one attached hydrogen (secondary N) is 1. The number of hydrogen-bond acceptors (Lipinski definition) is 2. The number of amides is 2. The van der Waals surface area contributed by atoms with Crippen molar-refractivity contribution in [2.75, 3.05) is 0 Å². The first kappa shape index (κ1) is 15.0. The highest BCUT2D eigenvalue weighted by atomic mass is 19.4. The first-order valence-electron chi connectivity index (χ1n) is 6.70. The molecule has 6 heteroatoms. The van der Waals surface area contributed by atoms with Gasteiger partial charge in [0.2, 0.25) is 0 Å². The van der Waals surface area contributed by atoms with Crippen molar-refractivity contribution >= 4 is 23.5 Å². The maximum Gasteiger partial charge on any atom is 0.416 e. The minimum atomic E-state index is -4.41. The molecule has 0 atom stereocenters. The van der Waals surface area contributed by atoms with Gasteiger partial charge in [0.25, 0.3) is 11.8 Å². The summed E-state index contributed by atoms with van der Waals surface area (Å²) in [7, 11) is 0. The van der Waals surface area contributed by atoms with E-state index < -0.39 is 23.6 Å². The first-order valence-corrected chi connectivity index (χ1v) is 6.70. The summed E-state index contributed by atoms with van der Waals surface area (Å²) in [5, 5.41) is 2.22. The number of alkyl halides is 3. The Balaban J connectivity index is 2.04. The van der Waals surface area contributed by atoms with E-state index in [1.807, 2.05) is 0 Å². The number of halogens is 3. The van der Waals surface area contributed by atoms with Crippen LogP contribution in [0.1, 0.15) is 27.0 Å². The van der Waals surface area contributed by atoms with Gasteiger partial charge in [0.1, 0.15) is 0 Å². The normalized spacial score (nSPS) is 16.2. The van der Waals surface area contributed by atoms with Crippen LogP contribution in [0.2, 0.25) is 0 Å². The van der Waals surface area contributed by atoms with Crippen molar-refractivity contribution in [1.29, 1.82) is 0 Å². The molecule has 2 amide bonds. The number of imide groups is 1. The zero-order chi connectivity index (χ0) is 16.6. The van der Waals surface area contributed by atoms with E-state index in [-0.39, 0.29) is 5.57 Å².